The molecule has 1 aliphatic heterocycles. The van der Waals surface area contributed by atoms with Crippen molar-refractivity contribution in [2.24, 2.45) is 5.92 Å². The summed E-state index contributed by atoms with van der Waals surface area (Å²) in [7, 11) is 3.37. The minimum absolute atomic E-state index is 0.404. The Morgan fingerprint density at radius 3 is 2.45 bits per heavy atom. The Hall–Kier alpha value is -2.54. The number of ether oxygens (including phenoxy) is 3. The van der Waals surface area contributed by atoms with Crippen LogP contribution in [0.5, 0.6) is 11.5 Å². The maximum absolute atomic E-state index is 5.58. The highest BCUT2D eigenvalue weighted by atomic mass is 16.5. The first kappa shape index (κ1) is 27.0. The van der Waals surface area contributed by atoms with Gasteiger partial charge in [0.2, 0.25) is 0 Å². The highest BCUT2D eigenvalue weighted by Crippen LogP contribution is 2.39. The molecule has 0 unspecified atom stereocenters. The zero-order valence-electron chi connectivity index (χ0n) is 23.6. The third kappa shape index (κ3) is 6.19. The second kappa shape index (κ2) is 12.5. The summed E-state index contributed by atoms with van der Waals surface area (Å²) in [6.45, 7) is 10.7. The van der Waals surface area contributed by atoms with E-state index in [1.54, 1.807) is 14.2 Å². The van der Waals surface area contributed by atoms with Gasteiger partial charge >= 0.3 is 0 Å². The van der Waals surface area contributed by atoms with E-state index in [1.807, 2.05) is 6.07 Å². The van der Waals surface area contributed by atoms with Crippen molar-refractivity contribution in [1.29, 1.82) is 0 Å². The first-order chi connectivity index (χ1) is 18.6. The van der Waals surface area contributed by atoms with Crippen LogP contribution in [0.25, 0.3) is 22.2 Å². The molecular formula is C32H45N3O3. The van der Waals surface area contributed by atoms with Crippen LogP contribution in [0.4, 0.5) is 0 Å². The fourth-order valence-corrected chi connectivity index (χ4v) is 6.36. The molecular weight excluding hydrogens is 474 g/mol. The average molecular weight is 520 g/mol. The molecule has 1 saturated carbocycles. The number of rotatable bonds is 10. The Morgan fingerprint density at radius 2 is 1.74 bits per heavy atom. The zero-order valence-corrected chi connectivity index (χ0v) is 23.6. The van der Waals surface area contributed by atoms with E-state index in [9.17, 15) is 0 Å². The molecule has 2 fully saturated rings. The third-order valence-corrected chi connectivity index (χ3v) is 8.49. The molecule has 0 spiro atoms. The van der Waals surface area contributed by atoms with Crippen molar-refractivity contribution in [2.45, 2.75) is 57.9 Å². The van der Waals surface area contributed by atoms with Gasteiger partial charge in [0.05, 0.1) is 33.1 Å². The summed E-state index contributed by atoms with van der Waals surface area (Å²) in [5.74, 6) is 2.69. The van der Waals surface area contributed by atoms with Crippen molar-refractivity contribution in [3.63, 3.8) is 0 Å². The summed E-state index contributed by atoms with van der Waals surface area (Å²) in [5.41, 5.74) is 6.35. The molecule has 2 aromatic carbocycles. The van der Waals surface area contributed by atoms with E-state index in [0.717, 1.165) is 62.4 Å². The van der Waals surface area contributed by atoms with Crippen LogP contribution in [0.3, 0.4) is 0 Å². The topological polar surface area (TPSA) is 58.8 Å². The van der Waals surface area contributed by atoms with E-state index in [-0.39, 0.29) is 0 Å². The highest BCUT2D eigenvalue weighted by Gasteiger charge is 2.23. The molecule has 38 heavy (non-hydrogen) atoms. The van der Waals surface area contributed by atoms with Crippen molar-refractivity contribution in [3.05, 3.63) is 47.5 Å². The number of methoxy groups -OCH3 is 2. The van der Waals surface area contributed by atoms with Crippen molar-refractivity contribution in [3.8, 4) is 22.8 Å². The average Bonchev–Trinajstić information content (AvgIpc) is 3.33. The maximum atomic E-state index is 5.58. The van der Waals surface area contributed by atoms with Gasteiger partial charge in [-0.25, -0.2) is 0 Å². The molecule has 0 bridgehead atoms. The number of nitrogens with zero attached hydrogens (tertiary/aromatic N) is 1. The van der Waals surface area contributed by atoms with E-state index in [4.69, 9.17) is 14.2 Å². The lowest BCUT2D eigenvalue weighted by molar-refractivity contribution is 0.0379. The third-order valence-electron chi connectivity index (χ3n) is 8.49. The zero-order chi connectivity index (χ0) is 26.5. The van der Waals surface area contributed by atoms with Gasteiger partial charge in [-0.1, -0.05) is 19.9 Å². The van der Waals surface area contributed by atoms with E-state index in [1.165, 1.54) is 59.8 Å². The number of benzene rings is 2. The molecule has 0 atom stereocenters. The van der Waals surface area contributed by atoms with E-state index in [0.29, 0.717) is 12.0 Å². The van der Waals surface area contributed by atoms with Crippen molar-refractivity contribution in [2.75, 3.05) is 53.6 Å². The monoisotopic (exact) mass is 519 g/mol. The molecule has 3 aromatic rings. The Morgan fingerprint density at radius 1 is 0.974 bits per heavy atom. The number of aromatic amines is 1. The number of morpholine rings is 1. The van der Waals surface area contributed by atoms with Crippen LogP contribution in [-0.2, 0) is 11.2 Å². The summed E-state index contributed by atoms with van der Waals surface area (Å²) >= 11 is 0. The minimum Gasteiger partial charge on any atom is -0.493 e. The maximum Gasteiger partial charge on any atom is 0.161 e. The van der Waals surface area contributed by atoms with Crippen LogP contribution in [0.1, 0.15) is 56.6 Å². The van der Waals surface area contributed by atoms with Gasteiger partial charge in [-0.3, -0.25) is 4.90 Å². The molecule has 2 heterocycles. The van der Waals surface area contributed by atoms with Crippen molar-refractivity contribution in [1.82, 2.24) is 15.2 Å². The lowest BCUT2D eigenvalue weighted by atomic mass is 9.82. The van der Waals surface area contributed by atoms with E-state index in [2.05, 4.69) is 59.4 Å². The van der Waals surface area contributed by atoms with Crippen LogP contribution in [0.2, 0.25) is 0 Å². The number of H-pyrrole nitrogens is 1. The molecule has 2 N–H and O–H groups in total. The standard InChI is InChI=1S/C32H45N3O3/c1-22(2)31-27-20-24(7-11-28(27)34-32(31)25-8-12-29(36-3)30(21-25)37-4)19-23-5-9-26(10-6-23)33-13-14-35-15-17-38-18-16-35/h7-8,11-12,20-23,26,33-34H,5-6,9-10,13-19H2,1-4H3. The summed E-state index contributed by atoms with van der Waals surface area (Å²) in [4.78, 5) is 6.23. The van der Waals surface area contributed by atoms with Crippen molar-refractivity contribution < 1.29 is 14.2 Å². The highest BCUT2D eigenvalue weighted by molar-refractivity contribution is 5.92. The Balaban J connectivity index is 1.23. The van der Waals surface area contributed by atoms with Crippen LogP contribution in [0, 0.1) is 5.92 Å². The SMILES string of the molecule is COc1ccc(-c2[nH]c3ccc(CC4CCC(NCCN5CCOCC5)CC4)cc3c2C(C)C)cc1OC. The van der Waals surface area contributed by atoms with Gasteiger partial charge < -0.3 is 24.5 Å². The molecule has 0 amide bonds. The van der Waals surface area contributed by atoms with Crippen LogP contribution in [-0.4, -0.2) is 69.5 Å². The largest absolute Gasteiger partial charge is 0.493 e. The second-order valence-electron chi connectivity index (χ2n) is 11.3. The Labute approximate surface area is 228 Å². The molecule has 5 rings (SSSR count). The lowest BCUT2D eigenvalue weighted by Gasteiger charge is -2.31. The van der Waals surface area contributed by atoms with E-state index < -0.39 is 0 Å². The molecule has 2 aliphatic rings. The first-order valence-corrected chi connectivity index (χ1v) is 14.5. The fraction of sp³-hybridized carbons (Fsp3) is 0.562. The predicted molar refractivity (Wildman–Crippen MR) is 156 cm³/mol. The lowest BCUT2D eigenvalue weighted by Crippen LogP contribution is -2.43. The van der Waals surface area contributed by atoms with Gasteiger partial charge in [0, 0.05) is 48.7 Å². The summed E-state index contributed by atoms with van der Waals surface area (Å²) in [5, 5.41) is 5.18. The van der Waals surface area contributed by atoms with Gasteiger partial charge in [-0.15, -0.1) is 0 Å². The molecule has 6 heteroatoms. The Kier molecular flexibility index (Phi) is 8.93. The van der Waals surface area contributed by atoms with Crippen LogP contribution < -0.4 is 14.8 Å². The van der Waals surface area contributed by atoms with Crippen molar-refractivity contribution >= 4 is 10.9 Å². The van der Waals surface area contributed by atoms with Crippen LogP contribution >= 0.6 is 0 Å². The molecule has 0 radical (unpaired) electrons. The molecule has 1 saturated heterocycles. The van der Waals surface area contributed by atoms with Gasteiger partial charge in [0.1, 0.15) is 0 Å². The number of hydrogen-bond acceptors (Lipinski definition) is 5. The van der Waals surface area contributed by atoms with Gasteiger partial charge in [0.15, 0.2) is 11.5 Å². The van der Waals surface area contributed by atoms with Crippen LogP contribution in [0.15, 0.2) is 36.4 Å². The molecule has 206 valence electrons. The van der Waals surface area contributed by atoms with Gasteiger partial charge in [-0.05, 0) is 85.4 Å². The number of fused-ring (bicyclic) bond motifs is 1. The number of hydrogen-bond donors (Lipinski definition) is 2. The number of nitrogens with one attached hydrogen (secondary N) is 2. The second-order valence-corrected chi connectivity index (χ2v) is 11.3. The van der Waals surface area contributed by atoms with E-state index >= 15 is 0 Å². The molecule has 1 aliphatic carbocycles. The molecule has 1 aromatic heterocycles. The summed E-state index contributed by atoms with van der Waals surface area (Å²) in [6.07, 6.45) is 6.38. The predicted octanol–water partition coefficient (Wildman–Crippen LogP) is 6.00. The molecule has 6 nitrogen and oxygen atoms in total. The quantitative estimate of drug-likeness (QED) is 0.344. The fourth-order valence-electron chi connectivity index (χ4n) is 6.36. The normalized spacial score (nSPS) is 20.8. The summed E-state index contributed by atoms with van der Waals surface area (Å²) in [6, 6.07) is 13.9. The number of aromatic nitrogens is 1. The van der Waals surface area contributed by atoms with Gasteiger partial charge in [0.25, 0.3) is 0 Å². The Bertz CT molecular complexity index is 1190. The first-order valence-electron chi connectivity index (χ1n) is 14.5. The minimum atomic E-state index is 0.404. The van der Waals surface area contributed by atoms with Gasteiger partial charge in [-0.2, -0.15) is 0 Å². The summed E-state index contributed by atoms with van der Waals surface area (Å²) < 4.78 is 16.5. The smallest absolute Gasteiger partial charge is 0.161 e.